The lowest BCUT2D eigenvalue weighted by molar-refractivity contribution is -0.124. The van der Waals surface area contributed by atoms with Gasteiger partial charge in [0.25, 0.3) is 0 Å². The van der Waals surface area contributed by atoms with Crippen LogP contribution in [0, 0.1) is 0 Å². The monoisotopic (exact) mass is 422 g/mol. The maximum atomic E-state index is 12.2. The van der Waals surface area contributed by atoms with Gasteiger partial charge in [0.05, 0.1) is 13.5 Å². The van der Waals surface area contributed by atoms with Crippen molar-refractivity contribution in [2.24, 2.45) is 0 Å². The van der Waals surface area contributed by atoms with E-state index >= 15 is 0 Å². The van der Waals surface area contributed by atoms with Crippen molar-refractivity contribution in [3.63, 3.8) is 0 Å². The van der Waals surface area contributed by atoms with E-state index in [9.17, 15) is 14.7 Å². The molecule has 166 valence electrons. The first-order valence-corrected chi connectivity index (χ1v) is 11.2. The molecule has 1 N–H and O–H groups in total. The molecule has 0 saturated carbocycles. The normalized spacial score (nSPS) is 11.0. The molecule has 0 aliphatic heterocycles. The average molecular weight is 423 g/mol. The lowest BCUT2D eigenvalue weighted by Gasteiger charge is -2.11. The first-order valence-electron chi connectivity index (χ1n) is 11.2. The van der Waals surface area contributed by atoms with Gasteiger partial charge in [-0.25, -0.2) is 0 Å². The van der Waals surface area contributed by atoms with Crippen molar-refractivity contribution in [1.82, 2.24) is 0 Å². The van der Waals surface area contributed by atoms with Gasteiger partial charge < -0.3 is 9.84 Å². The van der Waals surface area contributed by atoms with Crippen molar-refractivity contribution in [3.05, 3.63) is 65.2 Å². The van der Waals surface area contributed by atoms with Crippen molar-refractivity contribution in [3.8, 4) is 11.5 Å². The van der Waals surface area contributed by atoms with Crippen LogP contribution >= 0.6 is 0 Å². The lowest BCUT2D eigenvalue weighted by Crippen LogP contribution is -2.05. The van der Waals surface area contributed by atoms with Gasteiger partial charge in [0.2, 0.25) is 0 Å². The zero-order chi connectivity index (χ0) is 22.5. The molecule has 0 saturated heterocycles. The first kappa shape index (κ1) is 24.4. The third kappa shape index (κ3) is 8.79. The van der Waals surface area contributed by atoms with E-state index in [2.05, 4.69) is 19.1 Å². The van der Waals surface area contributed by atoms with Gasteiger partial charge in [-0.1, -0.05) is 69.0 Å². The molecule has 0 fully saturated rings. The highest BCUT2D eigenvalue weighted by atomic mass is 16.5. The number of methoxy groups -OCH3 is 1. The Kier molecular flexibility index (Phi) is 10.6. The first-order chi connectivity index (χ1) is 15.0. The number of allylic oxidation sites excluding steroid dienone is 1. The molecule has 2 aromatic rings. The zero-order valence-corrected chi connectivity index (χ0v) is 18.7. The van der Waals surface area contributed by atoms with Gasteiger partial charge in [0.1, 0.15) is 5.78 Å². The molecule has 0 unspecified atom stereocenters. The summed E-state index contributed by atoms with van der Waals surface area (Å²) in [5.74, 6) is 0.301. The SMILES string of the molecule is CCCCCCCC(=O)CC(=O)C=Cc1cc(CCc2ccccc2)c(O)c(OC)c1. The number of carbonyl (C=O) groups is 2. The Morgan fingerprint density at radius 3 is 2.45 bits per heavy atom. The number of carbonyl (C=O) groups excluding carboxylic acids is 2. The number of hydrogen-bond acceptors (Lipinski definition) is 4. The zero-order valence-electron chi connectivity index (χ0n) is 18.7. The van der Waals surface area contributed by atoms with Crippen molar-refractivity contribution >= 4 is 17.6 Å². The number of Topliss-reactive ketones (excluding diaryl/α,β-unsaturated/α-hetero) is 1. The van der Waals surface area contributed by atoms with Crippen LogP contribution in [0.25, 0.3) is 6.08 Å². The Balaban J connectivity index is 1.95. The molecule has 2 rings (SSSR count). The molecule has 4 nitrogen and oxygen atoms in total. The number of aromatic hydroxyl groups is 1. The van der Waals surface area contributed by atoms with E-state index in [-0.39, 0.29) is 23.7 Å². The summed E-state index contributed by atoms with van der Waals surface area (Å²) in [6, 6.07) is 13.6. The van der Waals surface area contributed by atoms with Crippen LogP contribution in [0.3, 0.4) is 0 Å². The second-order valence-corrected chi connectivity index (χ2v) is 7.90. The Morgan fingerprint density at radius 1 is 1.00 bits per heavy atom. The summed E-state index contributed by atoms with van der Waals surface area (Å²) in [7, 11) is 1.51. The number of phenolic OH excluding ortho intramolecular Hbond substituents is 1. The summed E-state index contributed by atoms with van der Waals surface area (Å²) in [6.45, 7) is 2.16. The molecular formula is C27H34O4. The van der Waals surface area contributed by atoms with Crippen molar-refractivity contribution in [2.75, 3.05) is 7.11 Å². The minimum Gasteiger partial charge on any atom is -0.504 e. The number of benzene rings is 2. The van der Waals surface area contributed by atoms with Crippen LogP contribution in [-0.4, -0.2) is 23.8 Å². The fourth-order valence-electron chi connectivity index (χ4n) is 3.51. The topological polar surface area (TPSA) is 63.6 Å². The number of ketones is 2. The van der Waals surface area contributed by atoms with Crippen LogP contribution in [0.15, 0.2) is 48.5 Å². The maximum absolute atomic E-state index is 12.2. The summed E-state index contributed by atoms with van der Waals surface area (Å²) in [4.78, 5) is 24.2. The van der Waals surface area contributed by atoms with E-state index < -0.39 is 0 Å². The van der Waals surface area contributed by atoms with E-state index in [1.807, 2.05) is 24.3 Å². The van der Waals surface area contributed by atoms with Gasteiger partial charge in [0, 0.05) is 6.42 Å². The number of unbranched alkanes of at least 4 members (excludes halogenated alkanes) is 4. The molecule has 0 aliphatic rings. The molecule has 0 aromatic heterocycles. The van der Waals surface area contributed by atoms with Crippen LogP contribution in [-0.2, 0) is 22.4 Å². The average Bonchev–Trinajstić information content (AvgIpc) is 2.78. The van der Waals surface area contributed by atoms with E-state index in [1.165, 1.54) is 31.6 Å². The summed E-state index contributed by atoms with van der Waals surface area (Å²) in [6.07, 6.45) is 10.4. The Labute approximate surface area is 186 Å². The van der Waals surface area contributed by atoms with E-state index in [4.69, 9.17) is 4.74 Å². The molecule has 0 bridgehead atoms. The predicted octanol–water partition coefficient (Wildman–Crippen LogP) is 6.09. The molecule has 0 spiro atoms. The summed E-state index contributed by atoms with van der Waals surface area (Å²) < 4.78 is 5.30. The van der Waals surface area contributed by atoms with E-state index in [0.717, 1.165) is 36.8 Å². The van der Waals surface area contributed by atoms with Gasteiger partial charge in [-0.15, -0.1) is 0 Å². The molecule has 0 heterocycles. The molecular weight excluding hydrogens is 388 g/mol. The molecule has 31 heavy (non-hydrogen) atoms. The van der Waals surface area contributed by atoms with Crippen LogP contribution < -0.4 is 4.74 Å². The highest BCUT2D eigenvalue weighted by Gasteiger charge is 2.11. The quantitative estimate of drug-likeness (QED) is 0.227. The minimum absolute atomic E-state index is 0.00187. The van der Waals surface area contributed by atoms with Crippen LogP contribution in [0.4, 0.5) is 0 Å². The minimum atomic E-state index is -0.198. The van der Waals surface area contributed by atoms with E-state index in [1.54, 1.807) is 12.1 Å². The maximum Gasteiger partial charge on any atom is 0.163 e. The second-order valence-electron chi connectivity index (χ2n) is 7.90. The van der Waals surface area contributed by atoms with Gasteiger partial charge in [-0.3, -0.25) is 9.59 Å². The third-order valence-electron chi connectivity index (χ3n) is 5.31. The number of phenols is 1. The van der Waals surface area contributed by atoms with Gasteiger partial charge in [-0.05, 0) is 54.2 Å². The molecule has 2 aromatic carbocycles. The number of hydrogen-bond donors (Lipinski definition) is 1. The summed E-state index contributed by atoms with van der Waals surface area (Å²) >= 11 is 0. The lowest BCUT2D eigenvalue weighted by atomic mass is 10.00. The largest absolute Gasteiger partial charge is 0.504 e. The molecule has 0 amide bonds. The van der Waals surface area contributed by atoms with Crippen LogP contribution in [0.1, 0.15) is 68.6 Å². The van der Waals surface area contributed by atoms with Crippen molar-refractivity contribution in [1.29, 1.82) is 0 Å². The summed E-state index contributed by atoms with van der Waals surface area (Å²) in [5.41, 5.74) is 2.71. The number of rotatable bonds is 14. The Bertz CT molecular complexity index is 868. The fourth-order valence-corrected chi connectivity index (χ4v) is 3.51. The molecule has 0 atom stereocenters. The van der Waals surface area contributed by atoms with Crippen molar-refractivity contribution in [2.45, 2.75) is 64.7 Å². The Hall–Kier alpha value is -2.88. The molecule has 0 aliphatic carbocycles. The summed E-state index contributed by atoms with van der Waals surface area (Å²) in [5, 5.41) is 10.5. The molecule has 4 heteroatoms. The number of aryl methyl sites for hydroxylation is 2. The number of ether oxygens (including phenoxy) is 1. The van der Waals surface area contributed by atoms with Gasteiger partial charge >= 0.3 is 0 Å². The standard InChI is InChI=1S/C27H34O4/c1-3-4-5-6-10-13-24(28)20-25(29)17-15-22-18-23(27(30)26(19-22)31-2)16-14-21-11-8-7-9-12-21/h7-9,11-12,15,17-19,30H,3-6,10,13-14,16,20H2,1-2H3. The highest BCUT2D eigenvalue weighted by Crippen LogP contribution is 2.33. The van der Waals surface area contributed by atoms with E-state index in [0.29, 0.717) is 18.6 Å². The highest BCUT2D eigenvalue weighted by molar-refractivity contribution is 6.06. The smallest absolute Gasteiger partial charge is 0.163 e. The third-order valence-corrected chi connectivity index (χ3v) is 5.31. The van der Waals surface area contributed by atoms with Gasteiger partial charge in [0.15, 0.2) is 17.3 Å². The van der Waals surface area contributed by atoms with Crippen LogP contribution in [0.5, 0.6) is 11.5 Å². The Morgan fingerprint density at radius 2 is 1.74 bits per heavy atom. The fraction of sp³-hybridized carbons (Fsp3) is 0.407. The van der Waals surface area contributed by atoms with Gasteiger partial charge in [-0.2, -0.15) is 0 Å². The molecule has 0 radical (unpaired) electrons. The predicted molar refractivity (Wildman–Crippen MR) is 126 cm³/mol. The van der Waals surface area contributed by atoms with Crippen molar-refractivity contribution < 1.29 is 19.4 Å². The van der Waals surface area contributed by atoms with Crippen LogP contribution in [0.2, 0.25) is 0 Å². The second kappa shape index (κ2) is 13.4.